The number of ether oxygens (including phenoxy) is 1. The van der Waals surface area contributed by atoms with Gasteiger partial charge in [-0.1, -0.05) is 30.1 Å². The quantitative estimate of drug-likeness (QED) is 0.826. The number of rotatable bonds is 5. The molecule has 1 aromatic rings. The van der Waals surface area contributed by atoms with Crippen LogP contribution in [0.2, 0.25) is 10.0 Å². The molecule has 1 atom stereocenters. The van der Waals surface area contributed by atoms with Crippen LogP contribution in [0, 0.1) is 5.92 Å². The number of benzene rings is 1. The highest BCUT2D eigenvalue weighted by Crippen LogP contribution is 2.33. The molecule has 2 rings (SSSR count). The van der Waals surface area contributed by atoms with E-state index in [4.69, 9.17) is 33.7 Å². The first-order valence-electron chi connectivity index (χ1n) is 6.68. The van der Waals surface area contributed by atoms with Crippen molar-refractivity contribution in [2.45, 2.75) is 18.2 Å². The summed E-state index contributed by atoms with van der Waals surface area (Å²) in [6, 6.07) is 2.78. The van der Waals surface area contributed by atoms with Crippen molar-refractivity contribution in [3.8, 4) is 0 Å². The summed E-state index contributed by atoms with van der Waals surface area (Å²) in [4.78, 5) is -0.0747. The van der Waals surface area contributed by atoms with Gasteiger partial charge in [-0.15, -0.1) is 0 Å². The Labute approximate surface area is 135 Å². The molecule has 1 saturated heterocycles. The zero-order valence-electron chi connectivity index (χ0n) is 11.7. The molecule has 21 heavy (non-hydrogen) atoms. The van der Waals surface area contributed by atoms with Crippen molar-refractivity contribution in [2.24, 2.45) is 5.92 Å². The van der Waals surface area contributed by atoms with Gasteiger partial charge >= 0.3 is 0 Å². The van der Waals surface area contributed by atoms with Crippen molar-refractivity contribution in [1.82, 2.24) is 4.31 Å². The van der Waals surface area contributed by atoms with Crippen LogP contribution < -0.4 is 5.73 Å². The summed E-state index contributed by atoms with van der Waals surface area (Å²) >= 11 is 11.9. The van der Waals surface area contributed by atoms with Crippen molar-refractivity contribution in [1.29, 1.82) is 0 Å². The summed E-state index contributed by atoms with van der Waals surface area (Å²) in [7, 11) is -3.75. The summed E-state index contributed by atoms with van der Waals surface area (Å²) in [5.41, 5.74) is 5.87. The zero-order valence-corrected chi connectivity index (χ0v) is 14.0. The van der Waals surface area contributed by atoms with E-state index in [1.54, 1.807) is 6.92 Å². The van der Waals surface area contributed by atoms with E-state index in [0.29, 0.717) is 31.3 Å². The molecule has 0 aliphatic carbocycles. The maximum atomic E-state index is 12.8. The SMILES string of the molecule is CCN(CC1CCOC1)S(=O)(=O)c1c(N)cc(Cl)cc1Cl. The van der Waals surface area contributed by atoms with Crippen LogP contribution in [0.1, 0.15) is 13.3 Å². The van der Waals surface area contributed by atoms with Crippen LogP contribution in [0.25, 0.3) is 0 Å². The van der Waals surface area contributed by atoms with Gasteiger partial charge < -0.3 is 10.5 Å². The van der Waals surface area contributed by atoms with E-state index in [0.717, 1.165) is 6.42 Å². The minimum absolute atomic E-state index is 0.0427. The van der Waals surface area contributed by atoms with Gasteiger partial charge in [0.05, 0.1) is 17.3 Å². The summed E-state index contributed by atoms with van der Waals surface area (Å²) < 4.78 is 32.2. The van der Waals surface area contributed by atoms with E-state index in [2.05, 4.69) is 0 Å². The van der Waals surface area contributed by atoms with Crippen molar-refractivity contribution in [3.05, 3.63) is 22.2 Å². The zero-order chi connectivity index (χ0) is 15.6. The van der Waals surface area contributed by atoms with E-state index in [-0.39, 0.29) is 21.5 Å². The second kappa shape index (κ2) is 6.71. The largest absolute Gasteiger partial charge is 0.398 e. The summed E-state index contributed by atoms with van der Waals surface area (Å²) in [5.74, 6) is 0.201. The highest BCUT2D eigenvalue weighted by molar-refractivity contribution is 7.89. The topological polar surface area (TPSA) is 72.6 Å². The number of hydrogen-bond donors (Lipinski definition) is 1. The smallest absolute Gasteiger partial charge is 0.246 e. The van der Waals surface area contributed by atoms with E-state index in [1.165, 1.54) is 16.4 Å². The molecule has 1 aliphatic rings. The van der Waals surface area contributed by atoms with Gasteiger partial charge in [0.25, 0.3) is 0 Å². The van der Waals surface area contributed by atoms with Crippen molar-refractivity contribution in [3.63, 3.8) is 0 Å². The van der Waals surface area contributed by atoms with Gasteiger partial charge in [0, 0.05) is 24.7 Å². The molecule has 1 fully saturated rings. The van der Waals surface area contributed by atoms with Gasteiger partial charge in [0.15, 0.2) is 0 Å². The third-order valence-corrected chi connectivity index (χ3v) is 6.16. The van der Waals surface area contributed by atoms with Crippen molar-refractivity contribution in [2.75, 3.05) is 32.0 Å². The van der Waals surface area contributed by atoms with Gasteiger partial charge in [-0.2, -0.15) is 4.31 Å². The number of nitrogens with two attached hydrogens (primary N) is 1. The molecule has 2 N–H and O–H groups in total. The fourth-order valence-electron chi connectivity index (χ4n) is 2.39. The molecule has 0 aromatic heterocycles. The summed E-state index contributed by atoms with van der Waals surface area (Å²) in [6.45, 7) is 3.78. The maximum Gasteiger partial charge on any atom is 0.246 e. The lowest BCUT2D eigenvalue weighted by Crippen LogP contribution is -2.36. The van der Waals surface area contributed by atoms with E-state index in [1.807, 2.05) is 0 Å². The highest BCUT2D eigenvalue weighted by atomic mass is 35.5. The summed E-state index contributed by atoms with van der Waals surface area (Å²) in [5, 5.41) is 0.352. The molecule has 1 aromatic carbocycles. The van der Waals surface area contributed by atoms with E-state index < -0.39 is 10.0 Å². The van der Waals surface area contributed by atoms with Gasteiger partial charge in [-0.25, -0.2) is 8.42 Å². The Bertz CT molecular complexity index is 593. The average molecular weight is 353 g/mol. The Kier molecular flexibility index (Phi) is 5.38. The summed E-state index contributed by atoms with van der Waals surface area (Å²) in [6.07, 6.45) is 0.857. The number of halogens is 2. The molecule has 1 unspecified atom stereocenters. The van der Waals surface area contributed by atoms with Gasteiger partial charge in [0.1, 0.15) is 4.90 Å². The molecule has 0 spiro atoms. The van der Waals surface area contributed by atoms with Gasteiger partial charge in [-0.3, -0.25) is 0 Å². The van der Waals surface area contributed by atoms with Crippen molar-refractivity contribution >= 4 is 38.9 Å². The Balaban J connectivity index is 2.35. The molecular weight excluding hydrogens is 335 g/mol. The number of nitrogen functional groups attached to an aromatic ring is 1. The molecule has 0 amide bonds. The lowest BCUT2D eigenvalue weighted by molar-refractivity contribution is 0.181. The number of sulfonamides is 1. The van der Waals surface area contributed by atoms with Gasteiger partial charge in [-0.05, 0) is 24.5 Å². The standard InChI is InChI=1S/C13H18Cl2N2O3S/c1-2-17(7-9-3-4-20-8-9)21(18,19)13-11(15)5-10(14)6-12(13)16/h5-6,9H,2-4,7-8,16H2,1H3. The molecule has 0 bridgehead atoms. The first kappa shape index (κ1) is 16.8. The molecule has 5 nitrogen and oxygen atoms in total. The number of hydrogen-bond acceptors (Lipinski definition) is 4. The number of nitrogens with zero attached hydrogens (tertiary/aromatic N) is 1. The molecule has 0 saturated carbocycles. The first-order valence-corrected chi connectivity index (χ1v) is 8.88. The Hall–Kier alpha value is -0.530. The predicted octanol–water partition coefficient (Wildman–Crippen LogP) is 2.62. The second-order valence-electron chi connectivity index (χ2n) is 4.99. The van der Waals surface area contributed by atoms with Crippen molar-refractivity contribution < 1.29 is 13.2 Å². The minimum Gasteiger partial charge on any atom is -0.398 e. The van der Waals surface area contributed by atoms with E-state index >= 15 is 0 Å². The van der Waals surface area contributed by atoms with Crippen LogP contribution in [-0.4, -0.2) is 39.0 Å². The fourth-order valence-corrected chi connectivity index (χ4v) is 4.86. The molecular formula is C13H18Cl2N2O3S. The van der Waals surface area contributed by atoms with Crippen LogP contribution in [0.3, 0.4) is 0 Å². The number of anilines is 1. The lowest BCUT2D eigenvalue weighted by Gasteiger charge is -2.24. The third-order valence-electron chi connectivity index (χ3n) is 3.47. The van der Waals surface area contributed by atoms with Crippen LogP contribution >= 0.6 is 23.2 Å². The van der Waals surface area contributed by atoms with Crippen LogP contribution in [0.5, 0.6) is 0 Å². The molecule has 118 valence electrons. The Morgan fingerprint density at radius 3 is 2.67 bits per heavy atom. The maximum absolute atomic E-state index is 12.8. The molecule has 8 heteroatoms. The van der Waals surface area contributed by atoms with Gasteiger partial charge in [0.2, 0.25) is 10.0 Å². The molecule has 1 heterocycles. The van der Waals surface area contributed by atoms with Crippen LogP contribution in [0.15, 0.2) is 17.0 Å². The van der Waals surface area contributed by atoms with Crippen LogP contribution in [-0.2, 0) is 14.8 Å². The fraction of sp³-hybridized carbons (Fsp3) is 0.538. The molecule has 1 aliphatic heterocycles. The normalized spacial score (nSPS) is 19.3. The predicted molar refractivity (Wildman–Crippen MR) is 84.2 cm³/mol. The second-order valence-corrected chi connectivity index (χ2v) is 7.71. The Morgan fingerprint density at radius 1 is 1.43 bits per heavy atom. The van der Waals surface area contributed by atoms with E-state index in [9.17, 15) is 8.42 Å². The van der Waals surface area contributed by atoms with Crippen LogP contribution in [0.4, 0.5) is 5.69 Å². The first-order chi connectivity index (χ1) is 9.86. The minimum atomic E-state index is -3.75. The lowest BCUT2D eigenvalue weighted by atomic mass is 10.1. The molecule has 0 radical (unpaired) electrons. The monoisotopic (exact) mass is 352 g/mol. The third kappa shape index (κ3) is 3.63. The average Bonchev–Trinajstić information content (AvgIpc) is 2.86. The highest BCUT2D eigenvalue weighted by Gasteiger charge is 2.31. The Morgan fingerprint density at radius 2 is 2.14 bits per heavy atom.